The van der Waals surface area contributed by atoms with E-state index in [9.17, 15) is 4.79 Å². The number of hydrogen-bond donors (Lipinski definition) is 0. The van der Waals surface area contributed by atoms with E-state index in [2.05, 4.69) is 4.90 Å². The highest BCUT2D eigenvalue weighted by Crippen LogP contribution is 2.35. The van der Waals surface area contributed by atoms with Gasteiger partial charge in [-0.3, -0.25) is 14.6 Å². The van der Waals surface area contributed by atoms with Gasteiger partial charge >= 0.3 is 0 Å². The topological polar surface area (TPSA) is 54.9 Å². The number of halogens is 1. The summed E-state index contributed by atoms with van der Waals surface area (Å²) >= 11 is 7.87. The van der Waals surface area contributed by atoms with Gasteiger partial charge in [-0.15, -0.1) is 0 Å². The van der Waals surface area contributed by atoms with Crippen molar-refractivity contribution in [1.82, 2.24) is 9.88 Å². The summed E-state index contributed by atoms with van der Waals surface area (Å²) < 4.78 is 12.1. The highest BCUT2D eigenvalue weighted by atomic mass is 35.5. The second kappa shape index (κ2) is 10.5. The van der Waals surface area contributed by atoms with Crippen LogP contribution in [0.15, 0.2) is 48.5 Å². The number of amides is 1. The van der Waals surface area contributed by atoms with E-state index in [0.717, 1.165) is 65.8 Å². The van der Waals surface area contributed by atoms with Gasteiger partial charge in [0.2, 0.25) is 0 Å². The van der Waals surface area contributed by atoms with E-state index in [-0.39, 0.29) is 5.91 Å². The Balaban J connectivity index is 1.51. The van der Waals surface area contributed by atoms with Crippen molar-refractivity contribution in [3.8, 4) is 5.75 Å². The van der Waals surface area contributed by atoms with E-state index in [1.54, 1.807) is 12.0 Å². The Kier molecular flexibility index (Phi) is 7.20. The molecule has 6 nitrogen and oxygen atoms in total. The normalized spacial score (nSPS) is 14.5. The third-order valence-electron chi connectivity index (χ3n) is 6.47. The van der Waals surface area contributed by atoms with Gasteiger partial charge in [0.15, 0.2) is 5.13 Å². The highest BCUT2D eigenvalue weighted by molar-refractivity contribution is 7.22. The molecule has 5 rings (SSSR count). The number of methoxy groups -OCH3 is 1. The van der Waals surface area contributed by atoms with Crippen LogP contribution in [0.4, 0.5) is 5.13 Å². The van der Waals surface area contributed by atoms with Gasteiger partial charge in [-0.05, 0) is 53.9 Å². The first-order valence-corrected chi connectivity index (χ1v) is 13.0. The number of hydrogen-bond acceptors (Lipinski definition) is 6. The van der Waals surface area contributed by atoms with Crippen molar-refractivity contribution in [1.29, 1.82) is 0 Å². The van der Waals surface area contributed by atoms with E-state index in [0.29, 0.717) is 28.0 Å². The van der Waals surface area contributed by atoms with Crippen LogP contribution in [-0.2, 0) is 4.74 Å². The Bertz CT molecular complexity index is 1370. The third kappa shape index (κ3) is 5.00. The lowest BCUT2D eigenvalue weighted by Gasteiger charge is -2.28. The zero-order valence-electron chi connectivity index (χ0n) is 19.9. The number of rotatable bonds is 7. The number of carbonyl (C=O) groups is 1. The molecular weight excluding hydrogens is 482 g/mol. The number of nitrogens with zero attached hydrogens (tertiary/aromatic N) is 3. The van der Waals surface area contributed by atoms with E-state index in [4.69, 9.17) is 26.1 Å². The number of benzene rings is 3. The average Bonchev–Trinajstić information content (AvgIpc) is 3.33. The minimum atomic E-state index is -0.114. The summed E-state index contributed by atoms with van der Waals surface area (Å²) in [6.45, 7) is 6.78. The van der Waals surface area contributed by atoms with Crippen molar-refractivity contribution in [2.45, 2.75) is 13.3 Å². The molecular formula is C27H28ClN3O3S. The molecule has 35 heavy (non-hydrogen) atoms. The van der Waals surface area contributed by atoms with Crippen molar-refractivity contribution in [2.24, 2.45) is 0 Å². The first kappa shape index (κ1) is 24.0. The molecule has 2 heterocycles. The maximum absolute atomic E-state index is 14.0. The first-order chi connectivity index (χ1) is 17.0. The molecule has 0 spiro atoms. The fourth-order valence-corrected chi connectivity index (χ4v) is 5.67. The largest absolute Gasteiger partial charge is 0.496 e. The smallest absolute Gasteiger partial charge is 0.263 e. The van der Waals surface area contributed by atoms with Gasteiger partial charge in [-0.25, -0.2) is 4.98 Å². The first-order valence-electron chi connectivity index (χ1n) is 11.8. The second-order valence-corrected chi connectivity index (χ2v) is 10.1. The molecule has 0 atom stereocenters. The van der Waals surface area contributed by atoms with Crippen LogP contribution in [0.5, 0.6) is 5.75 Å². The van der Waals surface area contributed by atoms with Gasteiger partial charge in [0.25, 0.3) is 5.91 Å². The van der Waals surface area contributed by atoms with Crippen molar-refractivity contribution in [3.63, 3.8) is 0 Å². The number of thiazole rings is 1. The maximum Gasteiger partial charge on any atom is 0.263 e. The van der Waals surface area contributed by atoms with Crippen LogP contribution in [0.1, 0.15) is 22.3 Å². The minimum Gasteiger partial charge on any atom is -0.496 e. The standard InChI is InChI=1S/C27H28ClN3O3S/c1-18-22(28)8-9-24-25(18)29-27(35-24)31(11-5-10-30-12-14-34-15-13-30)26(32)21-16-19-6-3-4-7-20(19)17-23(21)33-2/h3-4,6-9,16-17H,5,10-15H2,1-2H3. The zero-order chi connectivity index (χ0) is 24.4. The molecule has 1 aliphatic rings. The van der Waals surface area contributed by atoms with Crippen LogP contribution in [0.2, 0.25) is 5.02 Å². The second-order valence-electron chi connectivity index (χ2n) is 8.68. The third-order valence-corrected chi connectivity index (χ3v) is 7.92. The molecule has 182 valence electrons. The quantitative estimate of drug-likeness (QED) is 0.315. The zero-order valence-corrected chi connectivity index (χ0v) is 21.5. The van der Waals surface area contributed by atoms with Crippen molar-refractivity contribution in [3.05, 3.63) is 64.7 Å². The molecule has 0 bridgehead atoms. The van der Waals surface area contributed by atoms with Gasteiger partial charge in [0.05, 0.1) is 36.1 Å². The number of aryl methyl sites for hydroxylation is 1. The minimum absolute atomic E-state index is 0.114. The summed E-state index contributed by atoms with van der Waals surface area (Å²) in [4.78, 5) is 23.1. The van der Waals surface area contributed by atoms with E-state index >= 15 is 0 Å². The predicted octanol–water partition coefficient (Wildman–Crippen LogP) is 5.79. The molecule has 0 unspecified atom stereocenters. The maximum atomic E-state index is 14.0. The Morgan fingerprint density at radius 2 is 1.91 bits per heavy atom. The summed E-state index contributed by atoms with van der Waals surface area (Å²) in [5, 5.41) is 3.38. The summed E-state index contributed by atoms with van der Waals surface area (Å²) in [6.07, 6.45) is 0.831. The Hall–Kier alpha value is -2.71. The molecule has 0 N–H and O–H groups in total. The molecule has 1 saturated heterocycles. The Labute approximate surface area is 214 Å². The Morgan fingerprint density at radius 1 is 1.17 bits per heavy atom. The number of aromatic nitrogens is 1. The number of fused-ring (bicyclic) bond motifs is 2. The number of carbonyl (C=O) groups excluding carboxylic acids is 1. The average molecular weight is 510 g/mol. The van der Waals surface area contributed by atoms with Crippen LogP contribution in [0.3, 0.4) is 0 Å². The van der Waals surface area contributed by atoms with Gasteiger partial charge in [0.1, 0.15) is 5.75 Å². The molecule has 1 aliphatic heterocycles. The number of morpholine rings is 1. The van der Waals surface area contributed by atoms with Crippen LogP contribution in [-0.4, -0.2) is 62.3 Å². The molecule has 8 heteroatoms. The SMILES string of the molecule is COc1cc2ccccc2cc1C(=O)N(CCCN1CCOCC1)c1nc2c(C)c(Cl)ccc2s1. The molecule has 0 saturated carbocycles. The summed E-state index contributed by atoms with van der Waals surface area (Å²) in [6, 6.07) is 15.7. The van der Waals surface area contributed by atoms with Gasteiger partial charge in [0, 0.05) is 31.2 Å². The molecule has 0 aliphatic carbocycles. The molecule has 1 aromatic heterocycles. The van der Waals surface area contributed by atoms with Gasteiger partial charge in [-0.2, -0.15) is 0 Å². The predicted molar refractivity (Wildman–Crippen MR) is 143 cm³/mol. The molecule has 1 fully saturated rings. The number of anilines is 1. The van der Waals surface area contributed by atoms with E-state index in [1.165, 1.54) is 11.3 Å². The molecule has 1 amide bonds. The summed E-state index contributed by atoms with van der Waals surface area (Å²) in [5.74, 6) is 0.449. The monoisotopic (exact) mass is 509 g/mol. The summed E-state index contributed by atoms with van der Waals surface area (Å²) in [5.41, 5.74) is 2.30. The summed E-state index contributed by atoms with van der Waals surface area (Å²) in [7, 11) is 1.60. The van der Waals surface area contributed by atoms with Gasteiger partial charge < -0.3 is 9.47 Å². The van der Waals surface area contributed by atoms with Crippen molar-refractivity contribution < 1.29 is 14.3 Å². The Morgan fingerprint density at radius 3 is 2.66 bits per heavy atom. The van der Waals surface area contributed by atoms with Gasteiger partial charge in [-0.1, -0.05) is 47.2 Å². The lowest BCUT2D eigenvalue weighted by atomic mass is 10.0. The number of ether oxygens (including phenoxy) is 2. The molecule has 0 radical (unpaired) electrons. The van der Waals surface area contributed by atoms with Crippen molar-refractivity contribution in [2.75, 3.05) is 51.4 Å². The lowest BCUT2D eigenvalue weighted by Crippen LogP contribution is -2.39. The van der Waals surface area contributed by atoms with Crippen LogP contribution in [0, 0.1) is 6.92 Å². The van der Waals surface area contributed by atoms with E-state index < -0.39 is 0 Å². The van der Waals surface area contributed by atoms with Crippen molar-refractivity contribution >= 4 is 55.0 Å². The fourth-order valence-electron chi connectivity index (χ4n) is 4.47. The van der Waals surface area contributed by atoms with E-state index in [1.807, 2.05) is 55.5 Å². The van der Waals surface area contributed by atoms with Crippen LogP contribution in [0.25, 0.3) is 21.0 Å². The highest BCUT2D eigenvalue weighted by Gasteiger charge is 2.25. The van der Waals surface area contributed by atoms with Crippen LogP contribution < -0.4 is 9.64 Å². The molecule has 4 aromatic rings. The lowest BCUT2D eigenvalue weighted by molar-refractivity contribution is 0.0376. The fraction of sp³-hybridized carbons (Fsp3) is 0.333. The van der Waals surface area contributed by atoms with Crippen LogP contribution >= 0.6 is 22.9 Å². The molecule has 3 aromatic carbocycles.